The number of nitrogens with one attached hydrogen (secondary N) is 1. The minimum atomic E-state index is 0.0448. The molecule has 1 aromatic carbocycles. The zero-order chi connectivity index (χ0) is 11.4. The molecule has 0 fully saturated rings. The van der Waals surface area contributed by atoms with Gasteiger partial charge >= 0.3 is 0 Å². The van der Waals surface area contributed by atoms with E-state index in [0.29, 0.717) is 11.4 Å². The molecule has 0 radical (unpaired) electrons. The lowest BCUT2D eigenvalue weighted by molar-refractivity contribution is 0.478. The number of nitrogens with two attached hydrogens (primary N) is 2. The predicted octanol–water partition coefficient (Wildman–Crippen LogP) is 0.593. The van der Waals surface area contributed by atoms with Crippen molar-refractivity contribution in [3.8, 4) is 5.75 Å². The van der Waals surface area contributed by atoms with Gasteiger partial charge in [0.2, 0.25) is 0 Å². The van der Waals surface area contributed by atoms with E-state index in [4.69, 9.17) is 11.5 Å². The van der Waals surface area contributed by atoms with Gasteiger partial charge in [0.15, 0.2) is 5.84 Å². The van der Waals surface area contributed by atoms with Crippen LogP contribution in [-0.2, 0) is 0 Å². The van der Waals surface area contributed by atoms with Crippen molar-refractivity contribution in [3.05, 3.63) is 23.8 Å². The van der Waals surface area contributed by atoms with Crippen LogP contribution in [0.5, 0.6) is 5.75 Å². The van der Waals surface area contributed by atoms with Crippen LogP contribution in [0.4, 0.5) is 5.69 Å². The van der Waals surface area contributed by atoms with E-state index in [1.54, 1.807) is 12.1 Å². The highest BCUT2D eigenvalue weighted by Gasteiger charge is 2.02. The molecule has 82 valence electrons. The second-order valence-corrected chi connectivity index (χ2v) is 3.55. The standard InChI is InChI=1S/C10H16N4O/c1-6(2)13-14-10(12)7-3-4-9(15)8(11)5-7/h3-6,13,15H,11H2,1-2H3,(H2,12,14). The van der Waals surface area contributed by atoms with E-state index in [9.17, 15) is 5.11 Å². The maximum Gasteiger partial charge on any atom is 0.150 e. The summed E-state index contributed by atoms with van der Waals surface area (Å²) in [4.78, 5) is 0. The highest BCUT2D eigenvalue weighted by atomic mass is 16.3. The minimum absolute atomic E-state index is 0.0448. The zero-order valence-electron chi connectivity index (χ0n) is 8.86. The first-order valence-corrected chi connectivity index (χ1v) is 4.68. The molecule has 0 aliphatic rings. The van der Waals surface area contributed by atoms with Crippen molar-refractivity contribution in [2.75, 3.05) is 5.73 Å². The fourth-order valence-electron chi connectivity index (χ4n) is 0.977. The van der Waals surface area contributed by atoms with Crippen molar-refractivity contribution in [2.45, 2.75) is 19.9 Å². The number of phenolic OH excluding ortho intramolecular Hbond substituents is 1. The average molecular weight is 208 g/mol. The van der Waals surface area contributed by atoms with Crippen LogP contribution < -0.4 is 16.9 Å². The summed E-state index contributed by atoms with van der Waals surface area (Å²) in [5, 5.41) is 13.2. The number of nitrogens with zero attached hydrogens (tertiary/aromatic N) is 1. The lowest BCUT2D eigenvalue weighted by Crippen LogP contribution is -2.23. The summed E-state index contributed by atoms with van der Waals surface area (Å²) < 4.78 is 0. The Kier molecular flexibility index (Phi) is 3.38. The number of hydrazone groups is 1. The van der Waals surface area contributed by atoms with Crippen LogP contribution in [0, 0.1) is 0 Å². The minimum Gasteiger partial charge on any atom is -0.506 e. The van der Waals surface area contributed by atoms with Crippen molar-refractivity contribution in [1.82, 2.24) is 5.43 Å². The summed E-state index contributed by atoms with van der Waals surface area (Å²) in [7, 11) is 0. The Hall–Kier alpha value is -1.91. The second kappa shape index (κ2) is 4.54. The number of rotatable bonds is 3. The second-order valence-electron chi connectivity index (χ2n) is 3.55. The monoisotopic (exact) mass is 208 g/mol. The van der Waals surface area contributed by atoms with Gasteiger partial charge in [-0.25, -0.2) is 0 Å². The highest BCUT2D eigenvalue weighted by molar-refractivity contribution is 5.98. The lowest BCUT2D eigenvalue weighted by Gasteiger charge is -2.06. The number of aromatic hydroxyl groups is 1. The smallest absolute Gasteiger partial charge is 0.150 e. The first-order chi connectivity index (χ1) is 7.00. The van der Waals surface area contributed by atoms with Crippen LogP contribution in [0.3, 0.4) is 0 Å². The van der Waals surface area contributed by atoms with E-state index in [-0.39, 0.29) is 17.5 Å². The third-order valence-corrected chi connectivity index (χ3v) is 1.77. The largest absolute Gasteiger partial charge is 0.506 e. The lowest BCUT2D eigenvalue weighted by atomic mass is 10.2. The van der Waals surface area contributed by atoms with Gasteiger partial charge in [0, 0.05) is 11.6 Å². The van der Waals surface area contributed by atoms with Crippen LogP contribution in [-0.4, -0.2) is 17.0 Å². The van der Waals surface area contributed by atoms with E-state index in [0.717, 1.165) is 0 Å². The van der Waals surface area contributed by atoms with E-state index in [1.165, 1.54) is 6.07 Å². The molecule has 5 heteroatoms. The van der Waals surface area contributed by atoms with E-state index in [1.807, 2.05) is 13.8 Å². The van der Waals surface area contributed by atoms with Crippen molar-refractivity contribution in [2.24, 2.45) is 10.8 Å². The summed E-state index contributed by atoms with van der Waals surface area (Å²) in [6, 6.07) is 4.95. The molecule has 1 aromatic rings. The molecule has 0 aliphatic heterocycles. The van der Waals surface area contributed by atoms with Crippen LogP contribution in [0.2, 0.25) is 0 Å². The molecule has 1 rings (SSSR count). The molecule has 0 unspecified atom stereocenters. The zero-order valence-corrected chi connectivity index (χ0v) is 8.86. The van der Waals surface area contributed by atoms with Gasteiger partial charge in [-0.1, -0.05) is 0 Å². The molecule has 0 spiro atoms. The number of hydrogen-bond donors (Lipinski definition) is 4. The summed E-state index contributed by atoms with van der Waals surface area (Å²) in [6.07, 6.45) is 0. The Labute approximate surface area is 88.8 Å². The first-order valence-electron chi connectivity index (χ1n) is 4.68. The number of anilines is 1. The molecule has 0 saturated carbocycles. The molecule has 0 aliphatic carbocycles. The molecule has 0 heterocycles. The number of hydrogen-bond acceptors (Lipinski definition) is 4. The van der Waals surface area contributed by atoms with Gasteiger partial charge in [-0.05, 0) is 32.0 Å². The Morgan fingerprint density at radius 2 is 2.13 bits per heavy atom. The van der Waals surface area contributed by atoms with Crippen molar-refractivity contribution in [1.29, 1.82) is 0 Å². The molecule has 0 saturated heterocycles. The molecule has 5 nitrogen and oxygen atoms in total. The van der Waals surface area contributed by atoms with Gasteiger partial charge in [0.25, 0.3) is 0 Å². The third kappa shape index (κ3) is 3.05. The summed E-state index contributed by atoms with van der Waals surface area (Å²) in [5.41, 5.74) is 15.0. The summed E-state index contributed by atoms with van der Waals surface area (Å²) in [6.45, 7) is 3.92. The Morgan fingerprint density at radius 1 is 1.47 bits per heavy atom. The van der Waals surface area contributed by atoms with Crippen LogP contribution >= 0.6 is 0 Å². The van der Waals surface area contributed by atoms with Crippen LogP contribution in [0.1, 0.15) is 19.4 Å². The fraction of sp³-hybridized carbons (Fsp3) is 0.300. The number of nitrogen functional groups attached to an aromatic ring is 1. The highest BCUT2D eigenvalue weighted by Crippen LogP contribution is 2.19. The van der Waals surface area contributed by atoms with E-state index >= 15 is 0 Å². The molecule has 0 amide bonds. The number of phenols is 1. The topological polar surface area (TPSA) is 96.7 Å². The summed E-state index contributed by atoms with van der Waals surface area (Å²) >= 11 is 0. The Balaban J connectivity index is 2.87. The third-order valence-electron chi connectivity index (χ3n) is 1.77. The number of amidine groups is 1. The fourth-order valence-corrected chi connectivity index (χ4v) is 0.977. The van der Waals surface area contributed by atoms with Gasteiger partial charge in [-0.3, -0.25) is 0 Å². The predicted molar refractivity (Wildman–Crippen MR) is 61.5 cm³/mol. The number of benzene rings is 1. The van der Waals surface area contributed by atoms with Crippen molar-refractivity contribution < 1.29 is 5.11 Å². The van der Waals surface area contributed by atoms with E-state index in [2.05, 4.69) is 10.5 Å². The molecular weight excluding hydrogens is 192 g/mol. The SMILES string of the molecule is CC(C)N/N=C(\N)c1ccc(O)c(N)c1. The molecule has 0 aromatic heterocycles. The van der Waals surface area contributed by atoms with E-state index < -0.39 is 0 Å². The maximum atomic E-state index is 9.22. The van der Waals surface area contributed by atoms with Crippen LogP contribution in [0.25, 0.3) is 0 Å². The molecule has 0 bridgehead atoms. The Morgan fingerprint density at radius 3 is 2.67 bits per heavy atom. The maximum absolute atomic E-state index is 9.22. The quantitative estimate of drug-likeness (QED) is 0.192. The molecule has 15 heavy (non-hydrogen) atoms. The van der Waals surface area contributed by atoms with Crippen LogP contribution in [0.15, 0.2) is 23.3 Å². The molecule has 0 atom stereocenters. The first kappa shape index (κ1) is 11.2. The van der Waals surface area contributed by atoms with Gasteiger partial charge in [-0.15, -0.1) is 0 Å². The summed E-state index contributed by atoms with van der Waals surface area (Å²) in [5.74, 6) is 0.388. The van der Waals surface area contributed by atoms with Gasteiger partial charge in [0.1, 0.15) is 5.75 Å². The van der Waals surface area contributed by atoms with Gasteiger partial charge in [0.05, 0.1) is 5.69 Å². The normalized spacial score (nSPS) is 11.8. The van der Waals surface area contributed by atoms with Crippen molar-refractivity contribution >= 4 is 11.5 Å². The molecule has 6 N–H and O–H groups in total. The van der Waals surface area contributed by atoms with Gasteiger partial charge in [-0.2, -0.15) is 5.10 Å². The van der Waals surface area contributed by atoms with Gasteiger partial charge < -0.3 is 22.0 Å². The molecular formula is C10H16N4O. The Bertz CT molecular complexity index is 374. The average Bonchev–Trinajstić information content (AvgIpc) is 2.18. The van der Waals surface area contributed by atoms with Crippen molar-refractivity contribution in [3.63, 3.8) is 0 Å².